The van der Waals surface area contributed by atoms with Gasteiger partial charge in [0.15, 0.2) is 0 Å². The van der Waals surface area contributed by atoms with Gasteiger partial charge >= 0.3 is 0 Å². The van der Waals surface area contributed by atoms with Gasteiger partial charge in [0.25, 0.3) is 11.8 Å². The molecule has 202 valence electrons. The van der Waals surface area contributed by atoms with Crippen LogP contribution in [0, 0.1) is 11.7 Å². The van der Waals surface area contributed by atoms with Crippen LogP contribution >= 0.6 is 0 Å². The molecule has 37 heavy (non-hydrogen) atoms. The fourth-order valence-electron chi connectivity index (χ4n) is 4.35. The van der Waals surface area contributed by atoms with Crippen molar-refractivity contribution in [3.05, 3.63) is 65.0 Å². The van der Waals surface area contributed by atoms with Gasteiger partial charge in [0.1, 0.15) is 11.9 Å². The lowest BCUT2D eigenvalue weighted by Crippen LogP contribution is -2.47. The van der Waals surface area contributed by atoms with Crippen molar-refractivity contribution in [1.82, 2.24) is 14.5 Å². The Morgan fingerprint density at radius 2 is 1.81 bits per heavy atom. The Morgan fingerprint density at radius 1 is 1.14 bits per heavy atom. The molecule has 0 spiro atoms. The van der Waals surface area contributed by atoms with Gasteiger partial charge in [0.05, 0.1) is 10.9 Å². The Hall–Kier alpha value is -2.92. The molecule has 0 aromatic heterocycles. The van der Waals surface area contributed by atoms with E-state index in [0.717, 1.165) is 16.4 Å². The van der Waals surface area contributed by atoms with Crippen molar-refractivity contribution < 1.29 is 31.2 Å². The van der Waals surface area contributed by atoms with Crippen LogP contribution < -0.4 is 5.32 Å². The Bertz CT molecular complexity index is 1280. The van der Waals surface area contributed by atoms with Gasteiger partial charge in [-0.15, -0.1) is 0 Å². The highest BCUT2D eigenvalue weighted by Gasteiger charge is 2.37. The number of likely N-dealkylation sites (tertiary alicyclic amines) is 1. The molecule has 0 saturated carbocycles. The van der Waals surface area contributed by atoms with E-state index in [-0.39, 0.29) is 21.9 Å². The zero-order chi connectivity index (χ0) is 27.7. The summed E-state index contributed by atoms with van der Waals surface area (Å²) in [6, 6.07) is 7.14. The average Bonchev–Trinajstić information content (AvgIpc) is 3.31. The lowest BCUT2D eigenvalue weighted by molar-refractivity contribution is -0.126. The van der Waals surface area contributed by atoms with Crippen molar-refractivity contribution in [3.8, 4) is 0 Å². The third-order valence-electron chi connectivity index (χ3n) is 6.48. The molecule has 2 aromatic carbocycles. The number of halogens is 3. The smallest absolute Gasteiger partial charge is 0.270 e. The van der Waals surface area contributed by atoms with Gasteiger partial charge in [0.2, 0.25) is 15.9 Å². The highest BCUT2D eigenvalue weighted by atomic mass is 32.2. The van der Waals surface area contributed by atoms with Gasteiger partial charge in [0, 0.05) is 44.3 Å². The molecule has 7 nitrogen and oxygen atoms in total. The Kier molecular flexibility index (Phi) is 8.38. The van der Waals surface area contributed by atoms with Crippen molar-refractivity contribution >= 4 is 21.8 Å². The van der Waals surface area contributed by atoms with Crippen molar-refractivity contribution in [3.63, 3.8) is 0 Å². The molecule has 0 unspecified atom stereocenters. The summed E-state index contributed by atoms with van der Waals surface area (Å²) in [5, 5.41) is 2.80. The molecule has 11 heteroatoms. The van der Waals surface area contributed by atoms with Gasteiger partial charge < -0.3 is 10.2 Å². The standard InChI is InChI=1S/C26H32F3N3O4S/c1-16(2)23(20-12-11-18(15-21(20)27)26(3,28)29)30-24(33)22-10-7-13-32(22)25(34)17-8-6-9-19(14-17)37(35,36)31(4)5/h6,8-9,11-12,14-16,22-23H,7,10,13H2,1-5H3,(H,30,33)/t22-,23-/m1/s1. The molecule has 1 saturated heterocycles. The van der Waals surface area contributed by atoms with E-state index in [1.165, 1.54) is 49.3 Å². The number of alkyl halides is 2. The molecule has 0 bridgehead atoms. The highest BCUT2D eigenvalue weighted by Crippen LogP contribution is 2.32. The molecule has 2 aromatic rings. The number of hydrogen-bond acceptors (Lipinski definition) is 4. The number of benzene rings is 2. The van der Waals surface area contributed by atoms with E-state index < -0.39 is 51.2 Å². The highest BCUT2D eigenvalue weighted by molar-refractivity contribution is 7.89. The van der Waals surface area contributed by atoms with E-state index in [1.807, 2.05) is 0 Å². The van der Waals surface area contributed by atoms with Crippen molar-refractivity contribution in [2.24, 2.45) is 5.92 Å². The summed E-state index contributed by atoms with van der Waals surface area (Å²) in [7, 11) is -0.980. The predicted octanol–water partition coefficient (Wildman–Crippen LogP) is 4.31. The zero-order valence-electron chi connectivity index (χ0n) is 21.5. The van der Waals surface area contributed by atoms with E-state index in [4.69, 9.17) is 0 Å². The first-order valence-electron chi connectivity index (χ1n) is 12.0. The maximum atomic E-state index is 14.8. The van der Waals surface area contributed by atoms with E-state index in [1.54, 1.807) is 13.8 Å². The summed E-state index contributed by atoms with van der Waals surface area (Å²) in [6.45, 7) is 4.50. The van der Waals surface area contributed by atoms with Crippen LogP contribution in [0.2, 0.25) is 0 Å². The van der Waals surface area contributed by atoms with Gasteiger partial charge in [-0.05, 0) is 43.0 Å². The van der Waals surface area contributed by atoms with Crippen LogP contribution in [0.15, 0.2) is 47.4 Å². The molecule has 2 atom stereocenters. The number of carbonyl (C=O) groups excluding carboxylic acids is 2. The van der Waals surface area contributed by atoms with Crippen LogP contribution in [0.5, 0.6) is 0 Å². The van der Waals surface area contributed by atoms with Crippen LogP contribution in [0.25, 0.3) is 0 Å². The third kappa shape index (κ3) is 6.15. The first-order chi connectivity index (χ1) is 17.1. The Labute approximate surface area is 215 Å². The van der Waals surface area contributed by atoms with Crippen LogP contribution in [-0.4, -0.2) is 56.1 Å². The first-order valence-corrected chi connectivity index (χ1v) is 13.4. The molecule has 0 aliphatic carbocycles. The number of rotatable bonds is 8. The van der Waals surface area contributed by atoms with Crippen molar-refractivity contribution in [1.29, 1.82) is 0 Å². The van der Waals surface area contributed by atoms with Crippen LogP contribution in [0.1, 0.15) is 61.1 Å². The molecule has 0 radical (unpaired) electrons. The van der Waals surface area contributed by atoms with Gasteiger partial charge in [-0.1, -0.05) is 32.0 Å². The molecule has 1 heterocycles. The minimum atomic E-state index is -3.76. The monoisotopic (exact) mass is 539 g/mol. The quantitative estimate of drug-likeness (QED) is 0.542. The van der Waals surface area contributed by atoms with E-state index in [9.17, 15) is 31.2 Å². The normalized spacial score (nSPS) is 17.4. The van der Waals surface area contributed by atoms with Gasteiger partial charge in [-0.3, -0.25) is 9.59 Å². The second kappa shape index (κ2) is 10.8. The molecular weight excluding hydrogens is 507 g/mol. The lowest BCUT2D eigenvalue weighted by Gasteiger charge is -2.29. The molecule has 1 N–H and O–H groups in total. The molecule has 1 aliphatic rings. The van der Waals surface area contributed by atoms with Crippen LogP contribution in [-0.2, 0) is 20.7 Å². The maximum Gasteiger partial charge on any atom is 0.270 e. The summed E-state index contributed by atoms with van der Waals surface area (Å²) in [6.07, 6.45) is 0.933. The van der Waals surface area contributed by atoms with E-state index in [2.05, 4.69) is 5.32 Å². The largest absolute Gasteiger partial charge is 0.347 e. The minimum absolute atomic E-state index is 0.0417. The molecule has 1 fully saturated rings. The predicted molar refractivity (Wildman–Crippen MR) is 133 cm³/mol. The summed E-state index contributed by atoms with van der Waals surface area (Å²) in [5.74, 6) is -5.31. The Balaban J connectivity index is 1.84. The summed E-state index contributed by atoms with van der Waals surface area (Å²) >= 11 is 0. The molecular formula is C26H32F3N3O4S. The molecule has 3 rings (SSSR count). The van der Waals surface area contributed by atoms with E-state index >= 15 is 0 Å². The van der Waals surface area contributed by atoms with Crippen LogP contribution in [0.4, 0.5) is 13.2 Å². The zero-order valence-corrected chi connectivity index (χ0v) is 22.3. The average molecular weight is 540 g/mol. The minimum Gasteiger partial charge on any atom is -0.347 e. The van der Waals surface area contributed by atoms with E-state index in [0.29, 0.717) is 26.3 Å². The van der Waals surface area contributed by atoms with Crippen molar-refractivity contribution in [2.75, 3.05) is 20.6 Å². The molecule has 1 aliphatic heterocycles. The number of carbonyl (C=O) groups is 2. The number of amides is 2. The summed E-state index contributed by atoms with van der Waals surface area (Å²) < 4.78 is 68.1. The van der Waals surface area contributed by atoms with Gasteiger partial charge in [-0.25, -0.2) is 25.9 Å². The third-order valence-corrected chi connectivity index (χ3v) is 8.29. The number of sulfonamides is 1. The molecule has 2 amide bonds. The number of nitrogens with one attached hydrogen (secondary N) is 1. The lowest BCUT2D eigenvalue weighted by atomic mass is 9.93. The Morgan fingerprint density at radius 3 is 2.38 bits per heavy atom. The summed E-state index contributed by atoms with van der Waals surface area (Å²) in [4.78, 5) is 27.9. The van der Waals surface area contributed by atoms with Gasteiger partial charge in [-0.2, -0.15) is 0 Å². The number of nitrogens with zero attached hydrogens (tertiary/aromatic N) is 2. The number of hydrogen-bond donors (Lipinski definition) is 1. The fraction of sp³-hybridized carbons (Fsp3) is 0.462. The maximum absolute atomic E-state index is 14.8. The second-order valence-electron chi connectivity index (χ2n) is 9.83. The SMILES string of the molecule is CC(C)[C@@H](NC(=O)[C@H]1CCCN1C(=O)c1cccc(S(=O)(=O)N(C)C)c1)c1ccc(C(C)(F)F)cc1F. The topological polar surface area (TPSA) is 86.8 Å². The van der Waals surface area contributed by atoms with Crippen LogP contribution in [0.3, 0.4) is 0 Å². The fourth-order valence-corrected chi connectivity index (χ4v) is 5.30. The first kappa shape index (κ1) is 28.6. The van der Waals surface area contributed by atoms with Crippen molar-refractivity contribution in [2.45, 2.75) is 56.5 Å². The second-order valence-corrected chi connectivity index (χ2v) is 12.0. The summed E-state index contributed by atoms with van der Waals surface area (Å²) in [5.41, 5.74) is -0.257.